The Bertz CT molecular complexity index is 1200. The van der Waals surface area contributed by atoms with Gasteiger partial charge in [0.25, 0.3) is 5.56 Å². The molecular weight excluding hydrogens is 381 g/mol. The molecule has 8 heteroatoms. The summed E-state index contributed by atoms with van der Waals surface area (Å²) in [6.45, 7) is 0.705. The second-order valence-electron chi connectivity index (χ2n) is 6.20. The number of aromatic nitrogens is 1. The number of halogens is 1. The highest BCUT2D eigenvalue weighted by Crippen LogP contribution is 2.27. The number of nitrogens with zero attached hydrogens (tertiary/aromatic N) is 3. The fourth-order valence-electron chi connectivity index (χ4n) is 3.04. The van der Waals surface area contributed by atoms with Gasteiger partial charge in [-0.3, -0.25) is 9.36 Å². The van der Waals surface area contributed by atoms with E-state index in [0.29, 0.717) is 39.9 Å². The van der Waals surface area contributed by atoms with Crippen LogP contribution in [0.3, 0.4) is 0 Å². The molecule has 0 N–H and O–H groups in total. The maximum absolute atomic E-state index is 13.5. The number of ether oxygens (including phenoxy) is 2. The molecule has 1 aliphatic rings. The van der Waals surface area contributed by atoms with E-state index in [9.17, 15) is 9.18 Å². The summed E-state index contributed by atoms with van der Waals surface area (Å²) in [4.78, 5) is 19.9. The lowest BCUT2D eigenvalue weighted by molar-refractivity contribution is 0.355. The second kappa shape index (κ2) is 7.47. The van der Waals surface area contributed by atoms with Crippen LogP contribution in [0, 0.1) is 5.82 Å². The van der Waals surface area contributed by atoms with Crippen molar-refractivity contribution in [1.82, 2.24) is 4.57 Å². The average Bonchev–Trinajstić information content (AvgIpc) is 3.02. The van der Waals surface area contributed by atoms with Gasteiger partial charge in [-0.1, -0.05) is 23.5 Å². The molecule has 2 aromatic carbocycles. The maximum Gasteiger partial charge on any atom is 0.271 e. The normalized spacial score (nSPS) is 13.8. The number of thiazole rings is 1. The minimum absolute atomic E-state index is 0.125. The average molecular weight is 399 g/mol. The third-order valence-corrected chi connectivity index (χ3v) is 5.50. The van der Waals surface area contributed by atoms with Crippen LogP contribution in [0.2, 0.25) is 0 Å². The van der Waals surface area contributed by atoms with Crippen LogP contribution in [0.25, 0.3) is 6.08 Å². The summed E-state index contributed by atoms with van der Waals surface area (Å²) in [5, 5.41) is 0. The Labute approximate surface area is 164 Å². The maximum atomic E-state index is 13.5. The first kappa shape index (κ1) is 18.2. The fourth-order valence-corrected chi connectivity index (χ4v) is 4.00. The van der Waals surface area contributed by atoms with Crippen LogP contribution in [-0.2, 0) is 6.67 Å². The van der Waals surface area contributed by atoms with E-state index in [1.165, 1.54) is 23.5 Å². The van der Waals surface area contributed by atoms with Crippen molar-refractivity contribution in [3.8, 4) is 11.5 Å². The Hall–Kier alpha value is -3.13. The largest absolute Gasteiger partial charge is 0.493 e. The molecule has 6 nitrogen and oxygen atoms in total. The van der Waals surface area contributed by atoms with Gasteiger partial charge in [-0.15, -0.1) is 0 Å². The Morgan fingerprint density at radius 2 is 1.96 bits per heavy atom. The van der Waals surface area contributed by atoms with Crippen molar-refractivity contribution in [1.29, 1.82) is 0 Å². The zero-order valence-corrected chi connectivity index (χ0v) is 16.2. The van der Waals surface area contributed by atoms with Gasteiger partial charge in [0, 0.05) is 5.69 Å². The fraction of sp³-hybridized carbons (Fsp3) is 0.200. The molecule has 0 fully saturated rings. The summed E-state index contributed by atoms with van der Waals surface area (Å²) in [7, 11) is 3.15. The molecule has 0 radical (unpaired) electrons. The van der Waals surface area contributed by atoms with E-state index in [4.69, 9.17) is 9.47 Å². The van der Waals surface area contributed by atoms with Gasteiger partial charge in [0.1, 0.15) is 19.2 Å². The lowest BCUT2D eigenvalue weighted by atomic mass is 10.2. The van der Waals surface area contributed by atoms with Gasteiger partial charge in [-0.2, -0.15) is 0 Å². The first-order valence-electron chi connectivity index (χ1n) is 8.57. The van der Waals surface area contributed by atoms with Gasteiger partial charge in [0.15, 0.2) is 16.3 Å². The van der Waals surface area contributed by atoms with E-state index >= 15 is 0 Å². The molecule has 0 spiro atoms. The van der Waals surface area contributed by atoms with Gasteiger partial charge in [-0.05, 0) is 42.0 Å². The van der Waals surface area contributed by atoms with Crippen molar-refractivity contribution in [2.75, 3.05) is 25.8 Å². The van der Waals surface area contributed by atoms with Crippen molar-refractivity contribution < 1.29 is 13.9 Å². The minimum atomic E-state index is -0.316. The van der Waals surface area contributed by atoms with Gasteiger partial charge < -0.3 is 14.4 Å². The van der Waals surface area contributed by atoms with E-state index in [1.54, 1.807) is 37.0 Å². The molecule has 1 aliphatic heterocycles. The third kappa shape index (κ3) is 3.38. The highest BCUT2D eigenvalue weighted by Gasteiger charge is 2.16. The van der Waals surface area contributed by atoms with Crippen LogP contribution < -0.4 is 29.3 Å². The van der Waals surface area contributed by atoms with Crippen molar-refractivity contribution in [2.24, 2.45) is 4.99 Å². The molecule has 0 unspecified atom stereocenters. The topological polar surface area (TPSA) is 56.1 Å². The smallest absolute Gasteiger partial charge is 0.271 e. The van der Waals surface area contributed by atoms with Gasteiger partial charge in [0.2, 0.25) is 0 Å². The van der Waals surface area contributed by atoms with Crippen LogP contribution in [0.1, 0.15) is 5.56 Å². The number of anilines is 1. The van der Waals surface area contributed by atoms with Crippen molar-refractivity contribution in [3.63, 3.8) is 0 Å². The van der Waals surface area contributed by atoms with Crippen molar-refractivity contribution >= 4 is 23.1 Å². The number of benzene rings is 2. The molecule has 0 atom stereocenters. The van der Waals surface area contributed by atoms with Gasteiger partial charge >= 0.3 is 0 Å². The summed E-state index contributed by atoms with van der Waals surface area (Å²) < 4.78 is 26.3. The van der Waals surface area contributed by atoms with Crippen molar-refractivity contribution in [2.45, 2.75) is 6.67 Å². The predicted molar refractivity (Wildman–Crippen MR) is 106 cm³/mol. The third-order valence-electron chi connectivity index (χ3n) is 4.46. The molecule has 28 heavy (non-hydrogen) atoms. The molecule has 144 valence electrons. The quantitative estimate of drug-likeness (QED) is 0.673. The molecule has 0 aliphatic carbocycles. The molecule has 3 aromatic rings. The van der Waals surface area contributed by atoms with E-state index in [0.717, 1.165) is 5.56 Å². The predicted octanol–water partition coefficient (Wildman–Crippen LogP) is 1.95. The van der Waals surface area contributed by atoms with Crippen LogP contribution in [0.15, 0.2) is 52.3 Å². The monoisotopic (exact) mass is 399 g/mol. The number of fused-ring (bicyclic) bond motifs is 1. The highest BCUT2D eigenvalue weighted by atomic mass is 32.1. The van der Waals surface area contributed by atoms with E-state index < -0.39 is 0 Å². The molecule has 0 amide bonds. The summed E-state index contributed by atoms with van der Waals surface area (Å²) in [5.41, 5.74) is 1.40. The number of hydrogen-bond acceptors (Lipinski definition) is 6. The summed E-state index contributed by atoms with van der Waals surface area (Å²) in [6, 6.07) is 11.8. The summed E-state index contributed by atoms with van der Waals surface area (Å²) in [6.07, 6.45) is 1.81. The molecular formula is C20H18FN3O3S. The Morgan fingerprint density at radius 1 is 1.14 bits per heavy atom. The van der Waals surface area contributed by atoms with Gasteiger partial charge in [-0.25, -0.2) is 9.38 Å². The molecule has 0 saturated heterocycles. The first-order valence-corrected chi connectivity index (χ1v) is 9.39. The first-order chi connectivity index (χ1) is 13.6. The van der Waals surface area contributed by atoms with Gasteiger partial charge in [0.05, 0.1) is 18.8 Å². The molecule has 1 aromatic heterocycles. The van der Waals surface area contributed by atoms with Crippen molar-refractivity contribution in [3.05, 3.63) is 73.5 Å². The summed E-state index contributed by atoms with van der Waals surface area (Å²) in [5.74, 6) is 0.908. The second-order valence-corrected chi connectivity index (χ2v) is 7.21. The highest BCUT2D eigenvalue weighted by molar-refractivity contribution is 7.07. The standard InChI is InChI=1S/C20H18FN3O3S/c1-26-16-7-6-13(8-17(16)27-2)9-18-19(25)24-12-23(11-22-20(24)28-18)15-5-3-4-14(21)10-15/h3-10H,11-12H2,1-2H3. The SMILES string of the molecule is COc1ccc(C=c2sc3n(c2=O)CN(c2cccc(F)c2)CN=3)cc1OC. The Kier molecular flexibility index (Phi) is 4.87. The zero-order chi connectivity index (χ0) is 19.7. The zero-order valence-electron chi connectivity index (χ0n) is 15.4. The molecule has 2 heterocycles. The number of methoxy groups -OCH3 is 2. The Morgan fingerprint density at radius 3 is 2.71 bits per heavy atom. The number of hydrogen-bond donors (Lipinski definition) is 0. The lowest BCUT2D eigenvalue weighted by Crippen LogP contribution is -2.42. The van der Waals surface area contributed by atoms with Crippen LogP contribution in [0.4, 0.5) is 10.1 Å². The van der Waals surface area contributed by atoms with Crippen LogP contribution >= 0.6 is 11.3 Å². The molecule has 0 saturated carbocycles. The number of rotatable bonds is 4. The van der Waals surface area contributed by atoms with Crippen LogP contribution in [0.5, 0.6) is 11.5 Å². The van der Waals surface area contributed by atoms with Crippen LogP contribution in [-0.4, -0.2) is 25.5 Å². The molecule has 4 rings (SSSR count). The Balaban J connectivity index is 1.70. The lowest BCUT2D eigenvalue weighted by Gasteiger charge is -2.25. The van der Waals surface area contributed by atoms with E-state index in [1.807, 2.05) is 23.1 Å². The van der Waals surface area contributed by atoms with E-state index in [2.05, 4.69) is 4.99 Å². The molecule has 0 bridgehead atoms. The summed E-state index contributed by atoms with van der Waals surface area (Å²) >= 11 is 1.34. The minimum Gasteiger partial charge on any atom is -0.493 e. The van der Waals surface area contributed by atoms with E-state index in [-0.39, 0.29) is 11.4 Å².